The van der Waals surface area contributed by atoms with Crippen molar-refractivity contribution in [1.29, 1.82) is 0 Å². The van der Waals surface area contributed by atoms with E-state index >= 15 is 0 Å². The number of amides is 1. The van der Waals surface area contributed by atoms with Crippen molar-refractivity contribution >= 4 is 17.5 Å². The lowest BCUT2D eigenvalue weighted by atomic mass is 10.1. The Morgan fingerprint density at radius 1 is 1.50 bits per heavy atom. The number of carbonyl (C=O) groups excluding carboxylic acids is 1. The lowest BCUT2D eigenvalue weighted by Crippen LogP contribution is -2.13. The molecule has 0 saturated carbocycles. The van der Waals surface area contributed by atoms with Crippen LogP contribution in [-0.4, -0.2) is 15.7 Å². The predicted molar refractivity (Wildman–Crippen MR) is 66.4 cm³/mol. The van der Waals surface area contributed by atoms with Crippen LogP contribution in [0.3, 0.4) is 0 Å². The molecule has 0 unspecified atom stereocenters. The normalized spacial score (nSPS) is 10.6. The van der Waals surface area contributed by atoms with Gasteiger partial charge in [-0.15, -0.1) is 0 Å². The van der Waals surface area contributed by atoms with Gasteiger partial charge in [0.15, 0.2) is 0 Å². The van der Waals surface area contributed by atoms with Crippen molar-refractivity contribution in [3.05, 3.63) is 41.4 Å². The minimum absolute atomic E-state index is 0.221. The lowest BCUT2D eigenvalue weighted by Gasteiger charge is -2.01. The zero-order valence-electron chi connectivity index (χ0n) is 9.44. The van der Waals surface area contributed by atoms with Crippen LogP contribution in [0.15, 0.2) is 30.6 Å². The summed E-state index contributed by atoms with van der Waals surface area (Å²) in [6.07, 6.45) is 3.57. The molecule has 0 aliphatic heterocycles. The summed E-state index contributed by atoms with van der Waals surface area (Å²) in [6.45, 7) is 0.411. The topological polar surface area (TPSA) is 60.9 Å². The number of nitrogens with zero attached hydrogens (tertiary/aromatic N) is 2. The van der Waals surface area contributed by atoms with Gasteiger partial charge in [-0.05, 0) is 18.2 Å². The Bertz CT molecular complexity index is 582. The van der Waals surface area contributed by atoms with Crippen molar-refractivity contribution in [2.45, 2.75) is 13.0 Å². The van der Waals surface area contributed by atoms with E-state index in [9.17, 15) is 9.18 Å². The molecule has 0 fully saturated rings. The molecule has 1 aromatic heterocycles. The lowest BCUT2D eigenvalue weighted by molar-refractivity contribution is -0.118. The number of aryl methyl sites for hydroxylation is 1. The first kappa shape index (κ1) is 12.6. The first-order chi connectivity index (χ1) is 8.56. The van der Waals surface area contributed by atoms with Crippen LogP contribution < -0.4 is 5.73 Å². The van der Waals surface area contributed by atoms with E-state index in [2.05, 4.69) is 5.10 Å². The van der Waals surface area contributed by atoms with Crippen molar-refractivity contribution in [3.63, 3.8) is 0 Å². The number of hydrogen-bond donors (Lipinski definition) is 1. The van der Waals surface area contributed by atoms with Crippen LogP contribution in [0.2, 0.25) is 5.02 Å². The van der Waals surface area contributed by atoms with Crippen LogP contribution in [-0.2, 0) is 11.3 Å². The molecular weight excluding hydrogens is 257 g/mol. The Morgan fingerprint density at radius 2 is 2.28 bits per heavy atom. The number of carbonyl (C=O) groups is 1. The average Bonchev–Trinajstić information content (AvgIpc) is 2.75. The van der Waals surface area contributed by atoms with E-state index in [0.717, 1.165) is 5.56 Å². The zero-order valence-corrected chi connectivity index (χ0v) is 10.2. The Labute approximate surface area is 108 Å². The molecule has 94 valence electrons. The van der Waals surface area contributed by atoms with Crippen LogP contribution in [0.4, 0.5) is 4.39 Å². The highest BCUT2D eigenvalue weighted by Crippen LogP contribution is 2.27. The number of rotatable bonds is 4. The molecule has 0 radical (unpaired) electrons. The SMILES string of the molecule is NC(=O)CCn1cc(-c2ccc(F)cc2Cl)cn1. The third kappa shape index (κ3) is 2.87. The van der Waals surface area contributed by atoms with E-state index in [4.69, 9.17) is 17.3 Å². The molecule has 0 saturated heterocycles. The summed E-state index contributed by atoms with van der Waals surface area (Å²) < 4.78 is 14.5. The number of hydrogen-bond acceptors (Lipinski definition) is 2. The Morgan fingerprint density at radius 3 is 2.94 bits per heavy atom. The maximum absolute atomic E-state index is 12.9. The molecule has 4 nitrogen and oxygen atoms in total. The van der Waals surface area contributed by atoms with Gasteiger partial charge < -0.3 is 5.73 Å². The number of halogens is 2. The maximum Gasteiger partial charge on any atom is 0.219 e. The molecule has 1 aromatic carbocycles. The van der Waals surface area contributed by atoms with Gasteiger partial charge in [-0.3, -0.25) is 9.48 Å². The molecule has 6 heteroatoms. The van der Waals surface area contributed by atoms with E-state index < -0.39 is 0 Å². The molecule has 1 heterocycles. The second kappa shape index (κ2) is 5.18. The van der Waals surface area contributed by atoms with Gasteiger partial charge in [0.2, 0.25) is 5.91 Å². The van der Waals surface area contributed by atoms with Crippen LogP contribution >= 0.6 is 11.6 Å². The van der Waals surface area contributed by atoms with E-state index in [0.29, 0.717) is 17.1 Å². The fraction of sp³-hybridized carbons (Fsp3) is 0.167. The van der Waals surface area contributed by atoms with Gasteiger partial charge in [0.05, 0.1) is 11.2 Å². The second-order valence-electron chi connectivity index (χ2n) is 3.83. The fourth-order valence-corrected chi connectivity index (χ4v) is 1.85. The molecule has 0 bridgehead atoms. The molecule has 2 aromatic rings. The minimum Gasteiger partial charge on any atom is -0.370 e. The molecular formula is C12H11ClFN3O. The van der Waals surface area contributed by atoms with Gasteiger partial charge in [-0.1, -0.05) is 11.6 Å². The van der Waals surface area contributed by atoms with Gasteiger partial charge in [0.1, 0.15) is 5.82 Å². The van der Waals surface area contributed by atoms with Crippen molar-refractivity contribution < 1.29 is 9.18 Å². The predicted octanol–water partition coefficient (Wildman–Crippen LogP) is 2.22. The van der Waals surface area contributed by atoms with Gasteiger partial charge in [0, 0.05) is 30.3 Å². The van der Waals surface area contributed by atoms with E-state index in [1.54, 1.807) is 23.1 Å². The molecule has 0 aliphatic carbocycles. The molecule has 0 spiro atoms. The summed E-state index contributed by atoms with van der Waals surface area (Å²) >= 11 is 5.95. The van der Waals surface area contributed by atoms with Crippen LogP contribution in [0, 0.1) is 5.82 Å². The van der Waals surface area contributed by atoms with Crippen LogP contribution in [0.25, 0.3) is 11.1 Å². The van der Waals surface area contributed by atoms with Gasteiger partial charge in [-0.2, -0.15) is 5.10 Å². The zero-order chi connectivity index (χ0) is 13.1. The van der Waals surface area contributed by atoms with E-state index in [1.165, 1.54) is 12.1 Å². The monoisotopic (exact) mass is 267 g/mol. The highest BCUT2D eigenvalue weighted by molar-refractivity contribution is 6.33. The maximum atomic E-state index is 12.9. The summed E-state index contributed by atoms with van der Waals surface area (Å²) in [7, 11) is 0. The Hall–Kier alpha value is -1.88. The molecule has 1 amide bonds. The fourth-order valence-electron chi connectivity index (χ4n) is 1.57. The smallest absolute Gasteiger partial charge is 0.219 e. The standard InChI is InChI=1S/C12H11ClFN3O/c13-11-5-9(14)1-2-10(11)8-6-16-17(7-8)4-3-12(15)18/h1-2,5-7H,3-4H2,(H2,15,18). The van der Waals surface area contributed by atoms with Crippen molar-refractivity contribution in [2.24, 2.45) is 5.73 Å². The first-order valence-corrected chi connectivity index (χ1v) is 5.70. The summed E-state index contributed by atoms with van der Waals surface area (Å²) in [4.78, 5) is 10.7. The van der Waals surface area contributed by atoms with E-state index in [-0.39, 0.29) is 18.1 Å². The molecule has 18 heavy (non-hydrogen) atoms. The summed E-state index contributed by atoms with van der Waals surface area (Å²) in [5, 5.41) is 4.41. The van der Waals surface area contributed by atoms with Crippen LogP contribution in [0.1, 0.15) is 6.42 Å². The van der Waals surface area contributed by atoms with E-state index in [1.807, 2.05) is 0 Å². The van der Waals surface area contributed by atoms with Gasteiger partial charge >= 0.3 is 0 Å². The molecule has 0 atom stereocenters. The average molecular weight is 268 g/mol. The number of primary amides is 1. The summed E-state index contributed by atoms with van der Waals surface area (Å²) in [5.74, 6) is -0.767. The number of benzene rings is 1. The first-order valence-electron chi connectivity index (χ1n) is 5.32. The van der Waals surface area contributed by atoms with Gasteiger partial charge in [-0.25, -0.2) is 4.39 Å². The highest BCUT2D eigenvalue weighted by atomic mass is 35.5. The summed E-state index contributed by atoms with van der Waals surface area (Å²) in [5.41, 5.74) is 6.52. The Kier molecular flexibility index (Phi) is 3.62. The van der Waals surface area contributed by atoms with Crippen molar-refractivity contribution in [1.82, 2.24) is 9.78 Å². The summed E-state index contributed by atoms with van der Waals surface area (Å²) in [6, 6.07) is 4.17. The van der Waals surface area contributed by atoms with Crippen LogP contribution in [0.5, 0.6) is 0 Å². The third-order valence-corrected chi connectivity index (χ3v) is 2.78. The number of nitrogens with two attached hydrogens (primary N) is 1. The molecule has 2 N–H and O–H groups in total. The largest absolute Gasteiger partial charge is 0.370 e. The molecule has 2 rings (SSSR count). The van der Waals surface area contributed by atoms with Crippen molar-refractivity contribution in [3.8, 4) is 11.1 Å². The van der Waals surface area contributed by atoms with Gasteiger partial charge in [0.25, 0.3) is 0 Å². The quantitative estimate of drug-likeness (QED) is 0.923. The minimum atomic E-state index is -0.384. The second-order valence-corrected chi connectivity index (χ2v) is 4.24. The highest BCUT2D eigenvalue weighted by Gasteiger charge is 2.07. The third-order valence-electron chi connectivity index (χ3n) is 2.46. The molecule has 0 aliphatic rings. The van der Waals surface area contributed by atoms with Crippen molar-refractivity contribution in [2.75, 3.05) is 0 Å². The number of aromatic nitrogens is 2. The Balaban J connectivity index is 2.21.